The number of aryl methyl sites for hydroxylation is 1. The van der Waals surface area contributed by atoms with Crippen LogP contribution in [0.5, 0.6) is 0 Å². The molecule has 3 rings (SSSR count). The minimum absolute atomic E-state index is 0.460. The summed E-state index contributed by atoms with van der Waals surface area (Å²) in [6.07, 6.45) is 1.51. The van der Waals surface area contributed by atoms with Crippen LogP contribution in [0.25, 0.3) is 10.9 Å². The number of rotatable bonds is 4. The van der Waals surface area contributed by atoms with Gasteiger partial charge in [-0.2, -0.15) is 5.10 Å². The number of benzene rings is 1. The average molecular weight is 346 g/mol. The highest BCUT2D eigenvalue weighted by atomic mass is 79.9. The van der Waals surface area contributed by atoms with Crippen LogP contribution in [0, 0.1) is 0 Å². The quantitative estimate of drug-likeness (QED) is 0.787. The summed E-state index contributed by atoms with van der Waals surface area (Å²) in [6.45, 7) is 2.88. The normalized spacial score (nSPS) is 12.7. The molecular weight excluding hydrogens is 330 g/mol. The van der Waals surface area contributed by atoms with Gasteiger partial charge in [-0.3, -0.25) is 9.67 Å². The Morgan fingerprint density at radius 1 is 1.24 bits per heavy atom. The van der Waals surface area contributed by atoms with Gasteiger partial charge in [-0.05, 0) is 41.1 Å². The first-order valence-corrected chi connectivity index (χ1v) is 7.72. The molecule has 2 aromatic heterocycles. The number of aromatic nitrogens is 3. The molecule has 0 aliphatic rings. The van der Waals surface area contributed by atoms with Gasteiger partial charge < -0.3 is 5.11 Å². The second-order valence-electron chi connectivity index (χ2n) is 4.90. The SMILES string of the molecule is CCn1nc(CC(O)c2ccc(Br)cn2)c2ccccc21. The van der Waals surface area contributed by atoms with E-state index in [0.29, 0.717) is 12.1 Å². The molecule has 0 saturated carbocycles. The highest BCUT2D eigenvalue weighted by Gasteiger charge is 2.15. The van der Waals surface area contributed by atoms with Crippen molar-refractivity contribution in [3.63, 3.8) is 0 Å². The van der Waals surface area contributed by atoms with Crippen LogP contribution in [0.15, 0.2) is 47.1 Å². The lowest BCUT2D eigenvalue weighted by Crippen LogP contribution is -2.05. The van der Waals surface area contributed by atoms with Crippen LogP contribution < -0.4 is 0 Å². The maximum Gasteiger partial charge on any atom is 0.102 e. The first kappa shape index (κ1) is 14.2. The van der Waals surface area contributed by atoms with Crippen LogP contribution in [0.4, 0.5) is 0 Å². The molecule has 108 valence electrons. The zero-order valence-electron chi connectivity index (χ0n) is 11.7. The van der Waals surface area contributed by atoms with E-state index in [-0.39, 0.29) is 0 Å². The number of hydrogen-bond acceptors (Lipinski definition) is 3. The molecule has 0 fully saturated rings. The monoisotopic (exact) mass is 345 g/mol. The van der Waals surface area contributed by atoms with Gasteiger partial charge in [0, 0.05) is 29.0 Å². The lowest BCUT2D eigenvalue weighted by atomic mass is 10.1. The van der Waals surface area contributed by atoms with Crippen LogP contribution in [-0.2, 0) is 13.0 Å². The Bertz CT molecular complexity index is 752. The fourth-order valence-corrected chi connectivity index (χ4v) is 2.69. The number of fused-ring (bicyclic) bond motifs is 1. The van der Waals surface area contributed by atoms with Crippen LogP contribution in [0.1, 0.15) is 24.4 Å². The van der Waals surface area contributed by atoms with Crippen molar-refractivity contribution in [2.75, 3.05) is 0 Å². The average Bonchev–Trinajstić information content (AvgIpc) is 2.86. The highest BCUT2D eigenvalue weighted by molar-refractivity contribution is 9.10. The van der Waals surface area contributed by atoms with Crippen molar-refractivity contribution in [2.24, 2.45) is 0 Å². The fraction of sp³-hybridized carbons (Fsp3) is 0.250. The van der Waals surface area contributed by atoms with Crippen molar-refractivity contribution in [3.05, 3.63) is 58.5 Å². The third-order valence-corrected chi connectivity index (χ3v) is 3.98. The second kappa shape index (κ2) is 5.95. The van der Waals surface area contributed by atoms with Gasteiger partial charge in [-0.15, -0.1) is 0 Å². The molecule has 0 radical (unpaired) electrons. The molecule has 0 bridgehead atoms. The largest absolute Gasteiger partial charge is 0.386 e. The van der Waals surface area contributed by atoms with Crippen molar-refractivity contribution < 1.29 is 5.11 Å². The molecule has 0 saturated heterocycles. The van der Waals surface area contributed by atoms with Crippen molar-refractivity contribution in [3.8, 4) is 0 Å². The van der Waals surface area contributed by atoms with E-state index >= 15 is 0 Å². The highest BCUT2D eigenvalue weighted by Crippen LogP contribution is 2.24. The van der Waals surface area contributed by atoms with E-state index in [2.05, 4.69) is 39.0 Å². The van der Waals surface area contributed by atoms with E-state index in [0.717, 1.165) is 27.6 Å². The Morgan fingerprint density at radius 2 is 2.05 bits per heavy atom. The molecule has 0 aliphatic heterocycles. The van der Waals surface area contributed by atoms with Gasteiger partial charge in [0.25, 0.3) is 0 Å². The summed E-state index contributed by atoms with van der Waals surface area (Å²) < 4.78 is 2.87. The number of halogens is 1. The molecule has 1 atom stereocenters. The summed E-state index contributed by atoms with van der Waals surface area (Å²) in [7, 11) is 0. The Morgan fingerprint density at radius 3 is 2.76 bits per heavy atom. The van der Waals surface area contributed by atoms with Gasteiger partial charge in [0.05, 0.1) is 16.9 Å². The Hall–Kier alpha value is -1.72. The topological polar surface area (TPSA) is 50.9 Å². The van der Waals surface area contributed by atoms with Crippen LogP contribution >= 0.6 is 15.9 Å². The van der Waals surface area contributed by atoms with Gasteiger partial charge in [0.1, 0.15) is 6.10 Å². The number of aliphatic hydroxyl groups is 1. The Balaban J connectivity index is 1.92. The molecule has 0 aliphatic carbocycles. The Kier molecular flexibility index (Phi) is 4.03. The molecule has 0 spiro atoms. The minimum Gasteiger partial charge on any atom is -0.386 e. The standard InChI is InChI=1S/C16H16BrN3O/c1-2-20-15-6-4-3-5-12(15)14(19-20)9-16(21)13-8-7-11(17)10-18-13/h3-8,10,16,21H,2,9H2,1H3. The van der Waals surface area contributed by atoms with Crippen molar-refractivity contribution in [1.29, 1.82) is 0 Å². The molecule has 5 heteroatoms. The maximum atomic E-state index is 10.4. The molecule has 1 N–H and O–H groups in total. The van der Waals surface area contributed by atoms with Crippen LogP contribution in [0.2, 0.25) is 0 Å². The second-order valence-corrected chi connectivity index (χ2v) is 5.82. The molecule has 1 unspecified atom stereocenters. The van der Waals surface area contributed by atoms with E-state index in [1.165, 1.54) is 0 Å². The molecule has 3 aromatic rings. The first-order chi connectivity index (χ1) is 10.2. The lowest BCUT2D eigenvalue weighted by molar-refractivity contribution is 0.172. The van der Waals surface area contributed by atoms with Gasteiger partial charge in [-0.1, -0.05) is 18.2 Å². The number of aliphatic hydroxyl groups excluding tert-OH is 1. The summed E-state index contributed by atoms with van der Waals surface area (Å²) in [5.74, 6) is 0. The summed E-state index contributed by atoms with van der Waals surface area (Å²) in [6, 6.07) is 11.8. The van der Waals surface area contributed by atoms with Gasteiger partial charge in [-0.25, -0.2) is 0 Å². The summed E-state index contributed by atoms with van der Waals surface area (Å²) in [5.41, 5.74) is 2.67. The van der Waals surface area contributed by atoms with Gasteiger partial charge in [0.15, 0.2) is 0 Å². The zero-order chi connectivity index (χ0) is 14.8. The maximum absolute atomic E-state index is 10.4. The van der Waals surface area contributed by atoms with Crippen molar-refractivity contribution >= 4 is 26.8 Å². The molecule has 0 amide bonds. The summed E-state index contributed by atoms with van der Waals surface area (Å²) >= 11 is 3.35. The summed E-state index contributed by atoms with van der Waals surface area (Å²) in [4.78, 5) is 4.25. The molecular formula is C16H16BrN3O. The van der Waals surface area contributed by atoms with Crippen molar-refractivity contribution in [1.82, 2.24) is 14.8 Å². The zero-order valence-corrected chi connectivity index (χ0v) is 13.3. The van der Waals surface area contributed by atoms with E-state index in [1.54, 1.807) is 6.20 Å². The number of para-hydroxylation sites is 1. The number of nitrogens with zero attached hydrogens (tertiary/aromatic N) is 3. The Labute approximate surface area is 131 Å². The lowest BCUT2D eigenvalue weighted by Gasteiger charge is -2.08. The molecule has 1 aromatic carbocycles. The number of pyridine rings is 1. The van der Waals surface area contributed by atoms with Crippen LogP contribution in [-0.4, -0.2) is 19.9 Å². The van der Waals surface area contributed by atoms with Crippen LogP contribution in [0.3, 0.4) is 0 Å². The number of hydrogen-bond donors (Lipinski definition) is 1. The van der Waals surface area contributed by atoms with E-state index in [9.17, 15) is 5.11 Å². The van der Waals surface area contributed by atoms with Crippen molar-refractivity contribution in [2.45, 2.75) is 26.0 Å². The third kappa shape index (κ3) is 2.84. The first-order valence-electron chi connectivity index (χ1n) is 6.93. The third-order valence-electron chi connectivity index (χ3n) is 3.51. The predicted octanol–water partition coefficient (Wildman–Crippen LogP) is 3.49. The molecule has 2 heterocycles. The molecule has 21 heavy (non-hydrogen) atoms. The summed E-state index contributed by atoms with van der Waals surface area (Å²) in [5, 5.41) is 16.1. The van der Waals surface area contributed by atoms with E-state index < -0.39 is 6.10 Å². The van der Waals surface area contributed by atoms with Gasteiger partial charge in [0.2, 0.25) is 0 Å². The van der Waals surface area contributed by atoms with E-state index in [4.69, 9.17) is 0 Å². The smallest absolute Gasteiger partial charge is 0.102 e. The minimum atomic E-state index is -0.651. The van der Waals surface area contributed by atoms with Gasteiger partial charge >= 0.3 is 0 Å². The molecule has 4 nitrogen and oxygen atoms in total. The predicted molar refractivity (Wildman–Crippen MR) is 86.0 cm³/mol. The van der Waals surface area contributed by atoms with E-state index in [1.807, 2.05) is 35.0 Å². The fourth-order valence-electron chi connectivity index (χ4n) is 2.46.